The highest BCUT2D eigenvalue weighted by Gasteiger charge is 2.20. The number of rotatable bonds is 3. The van der Waals surface area contributed by atoms with Gasteiger partial charge in [-0.2, -0.15) is 0 Å². The largest absolute Gasteiger partial charge is 0.0716 e. The molecule has 0 heteroatoms. The monoisotopic (exact) mass is 304 g/mol. The average Bonchev–Trinajstić information content (AvgIpc) is 2.89. The first-order valence-electron chi connectivity index (χ1n) is 8.78. The minimum Gasteiger partial charge on any atom is -0.0716 e. The van der Waals surface area contributed by atoms with Gasteiger partial charge in [-0.25, -0.2) is 0 Å². The summed E-state index contributed by atoms with van der Waals surface area (Å²) in [7, 11) is 0. The zero-order valence-electron chi connectivity index (χ0n) is 15.1. The molecule has 0 spiro atoms. The van der Waals surface area contributed by atoms with E-state index in [9.17, 15) is 0 Å². The van der Waals surface area contributed by atoms with Gasteiger partial charge in [0, 0.05) is 0 Å². The molecule has 0 nitrogen and oxygen atoms in total. The van der Waals surface area contributed by atoms with Crippen LogP contribution in [0.4, 0.5) is 0 Å². The molecule has 2 aromatic rings. The molecule has 1 aliphatic carbocycles. The number of allylic oxidation sites excluding steroid dienone is 1. The number of hydrogen-bond acceptors (Lipinski definition) is 0. The molecule has 0 heterocycles. The van der Waals surface area contributed by atoms with Crippen molar-refractivity contribution in [3.8, 4) is 0 Å². The maximum atomic E-state index is 2.41. The van der Waals surface area contributed by atoms with Gasteiger partial charge in [-0.05, 0) is 57.6 Å². The lowest BCUT2D eigenvalue weighted by Gasteiger charge is -2.22. The van der Waals surface area contributed by atoms with Crippen LogP contribution in [0.1, 0.15) is 62.4 Å². The molecular formula is C23H28. The van der Waals surface area contributed by atoms with Crippen molar-refractivity contribution in [2.24, 2.45) is 5.92 Å². The number of benzene rings is 2. The summed E-state index contributed by atoms with van der Waals surface area (Å²) in [5, 5.41) is 0. The highest BCUT2D eigenvalue weighted by atomic mass is 14.2. The summed E-state index contributed by atoms with van der Waals surface area (Å²) in [4.78, 5) is 0. The van der Waals surface area contributed by atoms with Gasteiger partial charge < -0.3 is 0 Å². The molecule has 0 saturated carbocycles. The summed E-state index contributed by atoms with van der Waals surface area (Å²) in [5.74, 6) is 0.683. The summed E-state index contributed by atoms with van der Waals surface area (Å²) < 4.78 is 0. The van der Waals surface area contributed by atoms with Crippen LogP contribution in [0.15, 0.2) is 48.5 Å². The Morgan fingerprint density at radius 3 is 2.43 bits per heavy atom. The Balaban J connectivity index is 2.09. The van der Waals surface area contributed by atoms with Gasteiger partial charge in [0.05, 0.1) is 0 Å². The molecule has 0 fully saturated rings. The van der Waals surface area contributed by atoms with E-state index in [-0.39, 0.29) is 5.41 Å². The maximum absolute atomic E-state index is 2.41. The highest BCUT2D eigenvalue weighted by Crippen LogP contribution is 2.35. The molecule has 0 bridgehead atoms. The zero-order chi connectivity index (χ0) is 16.6. The van der Waals surface area contributed by atoms with Gasteiger partial charge >= 0.3 is 0 Å². The van der Waals surface area contributed by atoms with Crippen LogP contribution in [0.3, 0.4) is 0 Å². The van der Waals surface area contributed by atoms with Gasteiger partial charge in [0.2, 0.25) is 0 Å². The predicted molar refractivity (Wildman–Crippen MR) is 101 cm³/mol. The molecule has 0 aromatic heterocycles. The summed E-state index contributed by atoms with van der Waals surface area (Å²) in [6, 6.07) is 16.0. The molecule has 0 atom stereocenters. The lowest BCUT2D eigenvalue weighted by atomic mass is 9.82. The maximum Gasteiger partial charge on any atom is -0.00819 e. The van der Waals surface area contributed by atoms with E-state index in [1.165, 1.54) is 33.4 Å². The first-order chi connectivity index (χ1) is 10.8. The van der Waals surface area contributed by atoms with E-state index in [1.807, 2.05) is 0 Å². The SMILES string of the molecule is CC(C)Cc1cc(C2=CCc3ccccc32)cc(C(C)(C)C)c1. The molecule has 23 heavy (non-hydrogen) atoms. The summed E-state index contributed by atoms with van der Waals surface area (Å²) >= 11 is 0. The van der Waals surface area contributed by atoms with Gasteiger partial charge in [-0.15, -0.1) is 0 Å². The quantitative estimate of drug-likeness (QED) is 0.636. The standard InChI is InChI=1S/C23H28/c1-16(2)12-17-13-19(15-20(14-17)23(3,4)5)22-11-10-18-8-6-7-9-21(18)22/h6-9,11,13-16H,10,12H2,1-5H3. The van der Waals surface area contributed by atoms with Crippen molar-refractivity contribution in [1.29, 1.82) is 0 Å². The van der Waals surface area contributed by atoms with Crippen molar-refractivity contribution in [1.82, 2.24) is 0 Å². The van der Waals surface area contributed by atoms with Crippen LogP contribution < -0.4 is 0 Å². The lowest BCUT2D eigenvalue weighted by molar-refractivity contribution is 0.586. The van der Waals surface area contributed by atoms with Crippen molar-refractivity contribution >= 4 is 5.57 Å². The molecule has 3 rings (SSSR count). The minimum absolute atomic E-state index is 0.181. The molecule has 0 unspecified atom stereocenters. The van der Waals surface area contributed by atoms with E-state index in [0.717, 1.165) is 12.8 Å². The Morgan fingerprint density at radius 2 is 1.74 bits per heavy atom. The van der Waals surface area contributed by atoms with Crippen molar-refractivity contribution in [2.75, 3.05) is 0 Å². The van der Waals surface area contributed by atoms with E-state index in [2.05, 4.69) is 83.2 Å². The Labute approximate surface area is 141 Å². The Morgan fingerprint density at radius 1 is 1.00 bits per heavy atom. The number of fused-ring (bicyclic) bond motifs is 1. The highest BCUT2D eigenvalue weighted by molar-refractivity contribution is 5.85. The normalized spacial score (nSPS) is 14.1. The van der Waals surface area contributed by atoms with Crippen molar-refractivity contribution < 1.29 is 0 Å². The molecule has 0 amide bonds. The Hall–Kier alpha value is -1.82. The van der Waals surface area contributed by atoms with E-state index in [1.54, 1.807) is 0 Å². The van der Waals surface area contributed by atoms with Crippen LogP contribution in [0.2, 0.25) is 0 Å². The molecular weight excluding hydrogens is 276 g/mol. The van der Waals surface area contributed by atoms with Crippen LogP contribution in [0, 0.1) is 5.92 Å². The smallest absolute Gasteiger partial charge is 0.00819 e. The predicted octanol–water partition coefficient (Wildman–Crippen LogP) is 6.17. The van der Waals surface area contributed by atoms with Crippen LogP contribution in [0.5, 0.6) is 0 Å². The van der Waals surface area contributed by atoms with Crippen molar-refractivity contribution in [3.63, 3.8) is 0 Å². The van der Waals surface area contributed by atoms with Gasteiger partial charge in [0.1, 0.15) is 0 Å². The van der Waals surface area contributed by atoms with E-state index in [0.29, 0.717) is 5.92 Å². The summed E-state index contributed by atoms with van der Waals surface area (Å²) in [6.07, 6.45) is 4.60. The first kappa shape index (κ1) is 16.1. The van der Waals surface area contributed by atoms with E-state index >= 15 is 0 Å². The third-order valence-corrected chi connectivity index (χ3v) is 4.65. The zero-order valence-corrected chi connectivity index (χ0v) is 15.1. The van der Waals surface area contributed by atoms with Gasteiger partial charge in [-0.3, -0.25) is 0 Å². The Kier molecular flexibility index (Phi) is 4.19. The second kappa shape index (κ2) is 6.00. The van der Waals surface area contributed by atoms with Crippen LogP contribution >= 0.6 is 0 Å². The van der Waals surface area contributed by atoms with Gasteiger partial charge in [-0.1, -0.05) is 83.2 Å². The van der Waals surface area contributed by atoms with Gasteiger partial charge in [0.15, 0.2) is 0 Å². The van der Waals surface area contributed by atoms with E-state index in [4.69, 9.17) is 0 Å². The molecule has 0 N–H and O–H groups in total. The fourth-order valence-electron chi connectivity index (χ4n) is 3.43. The third-order valence-electron chi connectivity index (χ3n) is 4.65. The third kappa shape index (κ3) is 3.42. The van der Waals surface area contributed by atoms with Gasteiger partial charge in [0.25, 0.3) is 0 Å². The second-order valence-electron chi connectivity index (χ2n) is 8.25. The van der Waals surface area contributed by atoms with Crippen molar-refractivity contribution in [3.05, 3.63) is 76.4 Å². The molecule has 2 aromatic carbocycles. The van der Waals surface area contributed by atoms with E-state index < -0.39 is 0 Å². The fraction of sp³-hybridized carbons (Fsp3) is 0.391. The van der Waals surface area contributed by atoms with Crippen LogP contribution in [0.25, 0.3) is 5.57 Å². The first-order valence-corrected chi connectivity index (χ1v) is 8.78. The fourth-order valence-corrected chi connectivity index (χ4v) is 3.43. The van der Waals surface area contributed by atoms with Crippen LogP contribution in [-0.2, 0) is 18.3 Å². The second-order valence-corrected chi connectivity index (χ2v) is 8.25. The topological polar surface area (TPSA) is 0 Å². The van der Waals surface area contributed by atoms with Crippen LogP contribution in [-0.4, -0.2) is 0 Å². The summed E-state index contributed by atoms with van der Waals surface area (Å²) in [6.45, 7) is 11.5. The molecule has 0 saturated heterocycles. The lowest BCUT2D eigenvalue weighted by Crippen LogP contribution is -2.12. The minimum atomic E-state index is 0.181. The molecule has 0 aliphatic heterocycles. The molecule has 1 aliphatic rings. The molecule has 0 radical (unpaired) electrons. The number of hydrogen-bond donors (Lipinski definition) is 0. The van der Waals surface area contributed by atoms with Crippen molar-refractivity contribution in [2.45, 2.75) is 52.9 Å². The Bertz CT molecular complexity index is 739. The molecule has 120 valence electrons. The summed E-state index contributed by atoms with van der Waals surface area (Å²) in [5.41, 5.74) is 8.75. The average molecular weight is 304 g/mol.